The second kappa shape index (κ2) is 7.41. The molecule has 2 rings (SSSR count). The van der Waals surface area contributed by atoms with Gasteiger partial charge in [0, 0.05) is 16.2 Å². The van der Waals surface area contributed by atoms with Gasteiger partial charge in [-0.25, -0.2) is 8.78 Å². The molecule has 0 radical (unpaired) electrons. The van der Waals surface area contributed by atoms with Gasteiger partial charge in [0.05, 0.1) is 20.6 Å². The zero-order valence-corrected chi connectivity index (χ0v) is 14.0. The third-order valence-corrected chi connectivity index (χ3v) is 3.85. The Hall–Kier alpha value is -2.15. The van der Waals surface area contributed by atoms with Crippen LogP contribution in [0.5, 0.6) is 11.5 Å². The molecule has 7 heteroatoms. The number of hydrogen-bond donors (Lipinski definition) is 1. The van der Waals surface area contributed by atoms with Gasteiger partial charge in [0.2, 0.25) is 5.91 Å². The van der Waals surface area contributed by atoms with Crippen LogP contribution in [0.25, 0.3) is 0 Å². The van der Waals surface area contributed by atoms with Crippen molar-refractivity contribution in [3.8, 4) is 11.5 Å². The maximum atomic E-state index is 13.1. The molecule has 0 unspecified atom stereocenters. The third kappa shape index (κ3) is 4.19. The van der Waals surface area contributed by atoms with Crippen LogP contribution >= 0.6 is 15.9 Å². The molecule has 2 aromatic carbocycles. The van der Waals surface area contributed by atoms with Crippen LogP contribution in [-0.4, -0.2) is 20.1 Å². The topological polar surface area (TPSA) is 47.6 Å². The van der Waals surface area contributed by atoms with E-state index in [9.17, 15) is 13.6 Å². The van der Waals surface area contributed by atoms with E-state index in [1.807, 2.05) is 0 Å². The maximum absolute atomic E-state index is 13.1. The van der Waals surface area contributed by atoms with Gasteiger partial charge < -0.3 is 14.8 Å². The van der Waals surface area contributed by atoms with Gasteiger partial charge in [0.15, 0.2) is 23.1 Å². The molecule has 0 spiro atoms. The molecule has 4 nitrogen and oxygen atoms in total. The third-order valence-electron chi connectivity index (χ3n) is 3.11. The normalized spacial score (nSPS) is 10.3. The Kier molecular flexibility index (Phi) is 5.54. The fourth-order valence-corrected chi connectivity index (χ4v) is 2.45. The molecule has 23 heavy (non-hydrogen) atoms. The van der Waals surface area contributed by atoms with E-state index in [0.717, 1.165) is 12.1 Å². The smallest absolute Gasteiger partial charge is 0.228 e. The van der Waals surface area contributed by atoms with Crippen molar-refractivity contribution < 1.29 is 23.0 Å². The Bertz CT molecular complexity index is 738. The van der Waals surface area contributed by atoms with Gasteiger partial charge in [-0.05, 0) is 29.8 Å². The number of anilines is 1. The van der Waals surface area contributed by atoms with E-state index in [2.05, 4.69) is 21.2 Å². The number of nitrogens with one attached hydrogen (secondary N) is 1. The fourth-order valence-electron chi connectivity index (χ4n) is 1.98. The van der Waals surface area contributed by atoms with E-state index in [-0.39, 0.29) is 18.0 Å². The van der Waals surface area contributed by atoms with E-state index in [1.165, 1.54) is 20.3 Å². The van der Waals surface area contributed by atoms with Gasteiger partial charge in [0.25, 0.3) is 0 Å². The van der Waals surface area contributed by atoms with E-state index >= 15 is 0 Å². The first kappa shape index (κ1) is 17.2. The number of hydrogen-bond acceptors (Lipinski definition) is 3. The summed E-state index contributed by atoms with van der Waals surface area (Å²) in [5.74, 6) is -1.33. The fraction of sp³-hybridized carbons (Fsp3) is 0.188. The first-order valence-corrected chi connectivity index (χ1v) is 7.39. The molecule has 0 aromatic heterocycles. The maximum Gasteiger partial charge on any atom is 0.228 e. The predicted octanol–water partition coefficient (Wildman–Crippen LogP) is 3.93. The summed E-state index contributed by atoms with van der Waals surface area (Å²) in [7, 11) is 3.01. The highest BCUT2D eigenvalue weighted by Crippen LogP contribution is 2.33. The average Bonchev–Trinajstić information content (AvgIpc) is 2.52. The van der Waals surface area contributed by atoms with Gasteiger partial charge in [-0.3, -0.25) is 4.79 Å². The Morgan fingerprint density at radius 3 is 2.35 bits per heavy atom. The molecule has 0 heterocycles. The Labute approximate surface area is 140 Å². The van der Waals surface area contributed by atoms with Gasteiger partial charge >= 0.3 is 0 Å². The number of rotatable bonds is 5. The van der Waals surface area contributed by atoms with Crippen molar-refractivity contribution in [2.75, 3.05) is 19.5 Å². The highest BCUT2D eigenvalue weighted by atomic mass is 79.9. The van der Waals surface area contributed by atoms with E-state index < -0.39 is 11.6 Å². The lowest BCUT2D eigenvalue weighted by molar-refractivity contribution is -0.115. The minimum absolute atomic E-state index is 0.0277. The van der Waals surface area contributed by atoms with Crippen molar-refractivity contribution in [1.82, 2.24) is 0 Å². The van der Waals surface area contributed by atoms with Crippen LogP contribution in [0.15, 0.2) is 34.8 Å². The van der Waals surface area contributed by atoms with E-state index in [1.54, 1.807) is 12.1 Å². The highest BCUT2D eigenvalue weighted by molar-refractivity contribution is 9.10. The second-order valence-corrected chi connectivity index (χ2v) is 5.51. The summed E-state index contributed by atoms with van der Waals surface area (Å²) in [6.07, 6.45) is 0.0277. The Morgan fingerprint density at radius 2 is 1.74 bits per heavy atom. The number of carbonyl (C=O) groups excluding carboxylic acids is 1. The molecule has 1 amide bonds. The van der Waals surface area contributed by atoms with Crippen molar-refractivity contribution in [3.05, 3.63) is 52.0 Å². The summed E-state index contributed by atoms with van der Waals surface area (Å²) in [6, 6.07) is 6.54. The van der Waals surface area contributed by atoms with E-state index in [0.29, 0.717) is 21.5 Å². The van der Waals surface area contributed by atoms with Crippen molar-refractivity contribution in [1.29, 1.82) is 0 Å². The summed E-state index contributed by atoms with van der Waals surface area (Å²) in [5, 5.41) is 2.51. The van der Waals surface area contributed by atoms with Crippen LogP contribution in [0, 0.1) is 11.6 Å². The van der Waals surface area contributed by atoms with Gasteiger partial charge in [-0.1, -0.05) is 15.9 Å². The Morgan fingerprint density at radius 1 is 1.09 bits per heavy atom. The quantitative estimate of drug-likeness (QED) is 0.848. The van der Waals surface area contributed by atoms with Crippen LogP contribution in [0.2, 0.25) is 0 Å². The molecule has 0 fully saturated rings. The molecule has 0 aliphatic carbocycles. The first-order chi connectivity index (χ1) is 10.9. The lowest BCUT2D eigenvalue weighted by atomic mass is 10.1. The minimum atomic E-state index is -1.02. The average molecular weight is 386 g/mol. The summed E-state index contributed by atoms with van der Waals surface area (Å²) < 4.78 is 37.0. The Balaban J connectivity index is 2.15. The summed E-state index contributed by atoms with van der Waals surface area (Å²) in [6.45, 7) is 0. The van der Waals surface area contributed by atoms with Crippen molar-refractivity contribution >= 4 is 27.5 Å². The van der Waals surface area contributed by atoms with Crippen molar-refractivity contribution in [3.63, 3.8) is 0 Å². The molecule has 122 valence electrons. The van der Waals surface area contributed by atoms with Crippen LogP contribution in [-0.2, 0) is 11.2 Å². The first-order valence-electron chi connectivity index (χ1n) is 6.60. The minimum Gasteiger partial charge on any atom is -0.493 e. The lowest BCUT2D eigenvalue weighted by Gasteiger charge is -2.12. The molecule has 0 bridgehead atoms. The molecule has 0 aliphatic heterocycles. The van der Waals surface area contributed by atoms with Crippen LogP contribution in [0.1, 0.15) is 5.56 Å². The zero-order valence-electron chi connectivity index (χ0n) is 12.5. The molecule has 2 aromatic rings. The molecular weight excluding hydrogens is 372 g/mol. The van der Waals surface area contributed by atoms with Gasteiger partial charge in [-0.2, -0.15) is 0 Å². The lowest BCUT2D eigenvalue weighted by Crippen LogP contribution is -2.15. The zero-order chi connectivity index (χ0) is 17.0. The van der Waals surface area contributed by atoms with Crippen LogP contribution in [0.4, 0.5) is 14.5 Å². The van der Waals surface area contributed by atoms with E-state index in [4.69, 9.17) is 9.47 Å². The largest absolute Gasteiger partial charge is 0.493 e. The predicted molar refractivity (Wildman–Crippen MR) is 85.9 cm³/mol. The molecule has 1 N–H and O–H groups in total. The summed E-state index contributed by atoms with van der Waals surface area (Å²) in [4.78, 5) is 12.1. The number of benzene rings is 2. The monoisotopic (exact) mass is 385 g/mol. The molecule has 0 saturated heterocycles. The summed E-state index contributed by atoms with van der Waals surface area (Å²) >= 11 is 3.36. The summed E-state index contributed by atoms with van der Waals surface area (Å²) in [5.41, 5.74) is 0.855. The van der Waals surface area contributed by atoms with Crippen molar-refractivity contribution in [2.24, 2.45) is 0 Å². The number of methoxy groups -OCH3 is 2. The second-order valence-electron chi connectivity index (χ2n) is 4.65. The molecule has 0 saturated carbocycles. The van der Waals surface area contributed by atoms with Crippen LogP contribution < -0.4 is 14.8 Å². The highest BCUT2D eigenvalue weighted by Gasteiger charge is 2.13. The standard InChI is InChI=1S/C16H14BrF2NO3/c1-22-14-5-9(11(17)8-15(14)23-2)6-16(21)20-10-3-4-12(18)13(19)7-10/h3-5,7-8H,6H2,1-2H3,(H,20,21). The molecule has 0 aliphatic rings. The number of amides is 1. The number of halogens is 3. The SMILES string of the molecule is COc1cc(Br)c(CC(=O)Nc2ccc(F)c(F)c2)cc1OC. The van der Waals surface area contributed by atoms with Crippen LogP contribution in [0.3, 0.4) is 0 Å². The molecule has 0 atom stereocenters. The van der Waals surface area contributed by atoms with Gasteiger partial charge in [-0.15, -0.1) is 0 Å². The number of ether oxygens (including phenoxy) is 2. The number of carbonyl (C=O) groups is 1. The van der Waals surface area contributed by atoms with Gasteiger partial charge in [0.1, 0.15) is 0 Å². The van der Waals surface area contributed by atoms with Crippen molar-refractivity contribution in [2.45, 2.75) is 6.42 Å². The molecular formula is C16H14BrF2NO3.